The van der Waals surface area contributed by atoms with E-state index in [1.807, 2.05) is 6.07 Å². The standard InChI is InChI=1S/C16H10Cl3NO/c1-9-6-10(17)2-4-12(9)16(21)14(8-20)13-5-3-11(18)7-15(13)19/h2-7,14H,1H3. The normalized spacial score (nSPS) is 11.8. The van der Waals surface area contributed by atoms with E-state index in [9.17, 15) is 10.1 Å². The maximum absolute atomic E-state index is 12.6. The van der Waals surface area contributed by atoms with Gasteiger partial charge in [0.25, 0.3) is 0 Å². The third-order valence-corrected chi connectivity index (χ3v) is 3.92. The lowest BCUT2D eigenvalue weighted by Crippen LogP contribution is -2.13. The molecule has 0 aromatic heterocycles. The second kappa shape index (κ2) is 6.49. The Hall–Kier alpha value is -1.53. The lowest BCUT2D eigenvalue weighted by Gasteiger charge is -2.12. The van der Waals surface area contributed by atoms with Gasteiger partial charge < -0.3 is 0 Å². The van der Waals surface area contributed by atoms with E-state index in [-0.39, 0.29) is 5.78 Å². The zero-order valence-corrected chi connectivity index (χ0v) is 13.3. The summed E-state index contributed by atoms with van der Waals surface area (Å²) in [5.41, 5.74) is 1.62. The van der Waals surface area contributed by atoms with E-state index in [4.69, 9.17) is 34.8 Å². The second-order valence-corrected chi connectivity index (χ2v) is 5.83. The number of ketones is 1. The summed E-state index contributed by atoms with van der Waals surface area (Å²) in [6, 6.07) is 11.7. The molecule has 0 radical (unpaired) electrons. The maximum Gasteiger partial charge on any atom is 0.184 e. The molecule has 0 fully saturated rings. The van der Waals surface area contributed by atoms with Crippen LogP contribution in [-0.4, -0.2) is 5.78 Å². The van der Waals surface area contributed by atoms with Crippen molar-refractivity contribution in [3.63, 3.8) is 0 Å². The molecule has 1 unspecified atom stereocenters. The van der Waals surface area contributed by atoms with Crippen molar-refractivity contribution < 1.29 is 4.79 Å². The van der Waals surface area contributed by atoms with Gasteiger partial charge in [-0.1, -0.05) is 40.9 Å². The second-order valence-electron chi connectivity index (χ2n) is 4.55. The largest absolute Gasteiger partial charge is 0.292 e. The average molecular weight is 339 g/mol. The number of nitrogens with zero attached hydrogens (tertiary/aromatic N) is 1. The summed E-state index contributed by atoms with van der Waals surface area (Å²) in [7, 11) is 0. The van der Waals surface area contributed by atoms with Crippen LogP contribution in [-0.2, 0) is 0 Å². The number of carbonyl (C=O) groups is 1. The first kappa shape index (κ1) is 15.9. The summed E-state index contributed by atoms with van der Waals surface area (Å²) in [6.45, 7) is 1.77. The summed E-state index contributed by atoms with van der Waals surface area (Å²) in [6.07, 6.45) is 0. The first-order chi connectivity index (χ1) is 9.93. The molecule has 106 valence electrons. The number of carbonyl (C=O) groups excluding carboxylic acids is 1. The molecule has 2 aromatic rings. The van der Waals surface area contributed by atoms with Crippen LogP contribution in [0.15, 0.2) is 36.4 Å². The zero-order chi connectivity index (χ0) is 15.6. The van der Waals surface area contributed by atoms with Gasteiger partial charge in [-0.2, -0.15) is 5.26 Å². The maximum atomic E-state index is 12.6. The molecule has 2 aromatic carbocycles. The average Bonchev–Trinajstić information content (AvgIpc) is 2.41. The van der Waals surface area contributed by atoms with Crippen LogP contribution in [0.5, 0.6) is 0 Å². The molecule has 0 saturated heterocycles. The Labute approximate surface area is 137 Å². The Morgan fingerprint density at radius 2 is 1.71 bits per heavy atom. The van der Waals surface area contributed by atoms with Crippen molar-refractivity contribution in [1.82, 2.24) is 0 Å². The molecular formula is C16H10Cl3NO. The number of Topliss-reactive ketones (excluding diaryl/α,β-unsaturated/α-hetero) is 1. The Bertz CT molecular complexity index is 750. The van der Waals surface area contributed by atoms with Gasteiger partial charge in [-0.3, -0.25) is 4.79 Å². The zero-order valence-electron chi connectivity index (χ0n) is 11.0. The summed E-state index contributed by atoms with van der Waals surface area (Å²) >= 11 is 17.8. The van der Waals surface area contributed by atoms with Crippen molar-refractivity contribution in [1.29, 1.82) is 5.26 Å². The lowest BCUT2D eigenvalue weighted by atomic mass is 9.90. The fourth-order valence-electron chi connectivity index (χ4n) is 2.06. The van der Waals surface area contributed by atoms with Gasteiger partial charge in [-0.05, 0) is 48.4 Å². The summed E-state index contributed by atoms with van der Waals surface area (Å²) < 4.78 is 0. The predicted molar refractivity (Wildman–Crippen MR) is 85.3 cm³/mol. The number of halogens is 3. The van der Waals surface area contributed by atoms with Crippen LogP contribution in [0.25, 0.3) is 0 Å². The van der Waals surface area contributed by atoms with E-state index in [2.05, 4.69) is 0 Å². The number of hydrogen-bond acceptors (Lipinski definition) is 2. The molecule has 0 aliphatic rings. The molecule has 0 aliphatic heterocycles. The number of hydrogen-bond donors (Lipinski definition) is 0. The van der Waals surface area contributed by atoms with Gasteiger partial charge in [0, 0.05) is 20.6 Å². The highest BCUT2D eigenvalue weighted by molar-refractivity contribution is 6.35. The topological polar surface area (TPSA) is 40.9 Å². The van der Waals surface area contributed by atoms with Crippen LogP contribution in [0.3, 0.4) is 0 Å². The van der Waals surface area contributed by atoms with Crippen molar-refractivity contribution in [2.45, 2.75) is 12.8 Å². The number of benzene rings is 2. The smallest absolute Gasteiger partial charge is 0.184 e. The minimum Gasteiger partial charge on any atom is -0.292 e. The highest BCUT2D eigenvalue weighted by atomic mass is 35.5. The molecule has 2 nitrogen and oxygen atoms in total. The first-order valence-corrected chi connectivity index (χ1v) is 7.22. The molecule has 0 N–H and O–H groups in total. The van der Waals surface area contributed by atoms with E-state index in [0.717, 1.165) is 5.56 Å². The van der Waals surface area contributed by atoms with Crippen molar-refractivity contribution in [2.24, 2.45) is 0 Å². The molecule has 21 heavy (non-hydrogen) atoms. The van der Waals surface area contributed by atoms with Crippen LogP contribution >= 0.6 is 34.8 Å². The fourth-order valence-corrected chi connectivity index (χ4v) is 2.81. The summed E-state index contributed by atoms with van der Waals surface area (Å²) in [4.78, 5) is 12.6. The van der Waals surface area contributed by atoms with E-state index in [1.54, 1.807) is 37.3 Å². The number of aryl methyl sites for hydroxylation is 1. The molecule has 2 rings (SSSR count). The van der Waals surface area contributed by atoms with Gasteiger partial charge in [0.2, 0.25) is 0 Å². The third-order valence-electron chi connectivity index (χ3n) is 3.12. The molecule has 5 heteroatoms. The molecule has 0 bridgehead atoms. The fraction of sp³-hybridized carbons (Fsp3) is 0.125. The minimum atomic E-state index is -0.977. The van der Waals surface area contributed by atoms with Gasteiger partial charge in [0.05, 0.1) is 6.07 Å². The molecule has 0 amide bonds. The number of nitriles is 1. The summed E-state index contributed by atoms with van der Waals surface area (Å²) in [5.74, 6) is -1.29. The van der Waals surface area contributed by atoms with Crippen LogP contribution < -0.4 is 0 Å². The quantitative estimate of drug-likeness (QED) is 0.699. The van der Waals surface area contributed by atoms with Crippen molar-refractivity contribution in [3.8, 4) is 6.07 Å². The monoisotopic (exact) mass is 337 g/mol. The molecule has 0 heterocycles. The van der Waals surface area contributed by atoms with Crippen LogP contribution in [0, 0.1) is 18.3 Å². The highest BCUT2D eigenvalue weighted by Crippen LogP contribution is 2.30. The SMILES string of the molecule is Cc1cc(Cl)ccc1C(=O)C(C#N)c1ccc(Cl)cc1Cl. The Kier molecular flexibility index (Phi) is 4.90. The van der Waals surface area contributed by atoms with Crippen LogP contribution in [0.4, 0.5) is 0 Å². The van der Waals surface area contributed by atoms with Gasteiger partial charge >= 0.3 is 0 Å². The molecular weight excluding hydrogens is 329 g/mol. The van der Waals surface area contributed by atoms with Crippen molar-refractivity contribution >= 4 is 40.6 Å². The van der Waals surface area contributed by atoms with E-state index >= 15 is 0 Å². The van der Waals surface area contributed by atoms with E-state index in [0.29, 0.717) is 26.2 Å². The van der Waals surface area contributed by atoms with Gasteiger partial charge in [0.15, 0.2) is 5.78 Å². The lowest BCUT2D eigenvalue weighted by molar-refractivity contribution is 0.0978. The van der Waals surface area contributed by atoms with Gasteiger partial charge in [0.1, 0.15) is 5.92 Å². The third kappa shape index (κ3) is 3.39. The highest BCUT2D eigenvalue weighted by Gasteiger charge is 2.25. The summed E-state index contributed by atoms with van der Waals surface area (Å²) in [5, 5.41) is 10.7. The Morgan fingerprint density at radius 3 is 2.29 bits per heavy atom. The number of rotatable bonds is 3. The van der Waals surface area contributed by atoms with Crippen molar-refractivity contribution in [2.75, 3.05) is 0 Å². The minimum absolute atomic E-state index is 0.300. The molecule has 1 atom stereocenters. The molecule has 0 aliphatic carbocycles. The Balaban J connectivity index is 2.46. The predicted octanol–water partition coefficient (Wildman–Crippen LogP) is 5.45. The van der Waals surface area contributed by atoms with Crippen LogP contribution in [0.1, 0.15) is 27.4 Å². The van der Waals surface area contributed by atoms with E-state index < -0.39 is 5.92 Å². The van der Waals surface area contributed by atoms with E-state index in [1.165, 1.54) is 6.07 Å². The molecule has 0 spiro atoms. The first-order valence-electron chi connectivity index (χ1n) is 6.09. The van der Waals surface area contributed by atoms with Gasteiger partial charge in [-0.25, -0.2) is 0 Å². The van der Waals surface area contributed by atoms with Gasteiger partial charge in [-0.15, -0.1) is 0 Å². The van der Waals surface area contributed by atoms with Crippen molar-refractivity contribution in [3.05, 3.63) is 68.2 Å². The molecule has 0 saturated carbocycles. The van der Waals surface area contributed by atoms with Crippen LogP contribution in [0.2, 0.25) is 15.1 Å². The Morgan fingerprint density at radius 1 is 1.10 bits per heavy atom.